The Kier molecular flexibility index (Phi) is 4.66. The topological polar surface area (TPSA) is 89.9 Å². The van der Waals surface area contributed by atoms with Crippen molar-refractivity contribution in [2.24, 2.45) is 0 Å². The van der Waals surface area contributed by atoms with Crippen molar-refractivity contribution in [3.63, 3.8) is 0 Å². The Morgan fingerprint density at radius 2 is 2.23 bits per heavy atom. The molecule has 0 aliphatic carbocycles. The summed E-state index contributed by atoms with van der Waals surface area (Å²) in [6.45, 7) is 1.86. The Bertz CT molecular complexity index is 882. The fraction of sp³-hybridized carbons (Fsp3) is 0.353. The molecule has 0 saturated heterocycles. The molecule has 9 heteroatoms. The number of nitrogens with zero attached hydrogens (tertiary/aromatic N) is 6. The van der Waals surface area contributed by atoms with E-state index in [1.165, 1.54) is 0 Å². The van der Waals surface area contributed by atoms with E-state index in [0.29, 0.717) is 55.6 Å². The third kappa shape index (κ3) is 3.60. The maximum absolute atomic E-state index is 12.5. The summed E-state index contributed by atoms with van der Waals surface area (Å²) >= 11 is 5.72. The zero-order chi connectivity index (χ0) is 17.9. The largest absolute Gasteiger partial charge is 0.360 e. The van der Waals surface area contributed by atoms with Crippen molar-refractivity contribution < 1.29 is 9.32 Å². The van der Waals surface area contributed by atoms with E-state index >= 15 is 0 Å². The number of aromatic nitrogens is 5. The summed E-state index contributed by atoms with van der Waals surface area (Å²) in [4.78, 5) is 23.0. The minimum absolute atomic E-state index is 0.0794. The summed E-state index contributed by atoms with van der Waals surface area (Å²) in [7, 11) is 0. The van der Waals surface area contributed by atoms with E-state index in [9.17, 15) is 4.79 Å². The summed E-state index contributed by atoms with van der Waals surface area (Å²) in [5.41, 5.74) is 0.895. The van der Waals surface area contributed by atoms with Crippen LogP contribution in [0.4, 0.5) is 0 Å². The first kappa shape index (κ1) is 16.7. The number of hydrogen-bond acceptors (Lipinski definition) is 6. The predicted octanol–water partition coefficient (Wildman–Crippen LogP) is 2.00. The Morgan fingerprint density at radius 1 is 1.31 bits per heavy atom. The minimum atomic E-state index is 0.0794. The molecule has 8 nitrogen and oxygen atoms in total. The lowest BCUT2D eigenvalue weighted by atomic mass is 10.2. The standard InChI is InChI=1S/C17H17ClN6O2/c18-14-10-13(26-22-14)3-4-16(25)23-7-5-15-20-17(21-24(15)9-8-23)12-2-1-6-19-11-12/h1-2,6,10-11H,3-5,7-9H2. The Labute approximate surface area is 154 Å². The number of carbonyl (C=O) groups excluding carboxylic acids is 1. The highest BCUT2D eigenvalue weighted by Crippen LogP contribution is 2.17. The second-order valence-electron chi connectivity index (χ2n) is 6.06. The van der Waals surface area contributed by atoms with E-state index in [1.54, 1.807) is 18.5 Å². The van der Waals surface area contributed by atoms with Crippen molar-refractivity contribution in [1.29, 1.82) is 0 Å². The molecule has 26 heavy (non-hydrogen) atoms. The zero-order valence-corrected chi connectivity index (χ0v) is 14.8. The first-order valence-corrected chi connectivity index (χ1v) is 8.80. The second-order valence-corrected chi connectivity index (χ2v) is 6.45. The van der Waals surface area contributed by atoms with E-state index in [2.05, 4.69) is 20.2 Å². The van der Waals surface area contributed by atoms with Gasteiger partial charge < -0.3 is 9.42 Å². The molecule has 4 heterocycles. The Morgan fingerprint density at radius 3 is 3.00 bits per heavy atom. The van der Waals surface area contributed by atoms with Crippen LogP contribution in [-0.2, 0) is 24.2 Å². The SMILES string of the molecule is O=C(CCc1cc(Cl)no1)N1CCc2nc(-c3cccnc3)nn2CC1. The number of hydrogen-bond donors (Lipinski definition) is 0. The van der Waals surface area contributed by atoms with E-state index in [4.69, 9.17) is 16.1 Å². The van der Waals surface area contributed by atoms with Crippen LogP contribution in [-0.4, -0.2) is 48.8 Å². The number of aryl methyl sites for hydroxylation is 1. The van der Waals surface area contributed by atoms with Crippen molar-refractivity contribution >= 4 is 17.5 Å². The number of rotatable bonds is 4. The van der Waals surface area contributed by atoms with Crippen LogP contribution in [0, 0.1) is 0 Å². The number of halogens is 1. The van der Waals surface area contributed by atoms with Gasteiger partial charge in [0.05, 0.1) is 6.54 Å². The zero-order valence-electron chi connectivity index (χ0n) is 14.0. The van der Waals surface area contributed by atoms with Crippen molar-refractivity contribution in [3.8, 4) is 11.4 Å². The second kappa shape index (κ2) is 7.25. The van der Waals surface area contributed by atoms with Crippen LogP contribution in [0.1, 0.15) is 18.0 Å². The maximum Gasteiger partial charge on any atom is 0.223 e. The lowest BCUT2D eigenvalue weighted by Gasteiger charge is -2.19. The number of amides is 1. The van der Waals surface area contributed by atoms with Crippen LogP contribution in [0.5, 0.6) is 0 Å². The maximum atomic E-state index is 12.5. The molecule has 134 valence electrons. The third-order valence-corrected chi connectivity index (χ3v) is 4.50. The highest BCUT2D eigenvalue weighted by molar-refractivity contribution is 6.29. The number of carbonyl (C=O) groups is 1. The molecule has 0 saturated carbocycles. The van der Waals surface area contributed by atoms with Gasteiger partial charge in [0.25, 0.3) is 0 Å². The molecule has 3 aromatic rings. The van der Waals surface area contributed by atoms with Gasteiger partial charge in [0.15, 0.2) is 11.0 Å². The van der Waals surface area contributed by atoms with Gasteiger partial charge in [0, 0.05) is 56.4 Å². The number of fused-ring (bicyclic) bond motifs is 1. The first-order valence-electron chi connectivity index (χ1n) is 8.42. The van der Waals surface area contributed by atoms with Gasteiger partial charge in [-0.3, -0.25) is 9.78 Å². The molecule has 0 N–H and O–H groups in total. The Hall–Kier alpha value is -2.74. The monoisotopic (exact) mass is 372 g/mol. The van der Waals surface area contributed by atoms with Gasteiger partial charge in [-0.15, -0.1) is 0 Å². The van der Waals surface area contributed by atoms with Gasteiger partial charge >= 0.3 is 0 Å². The third-order valence-electron chi connectivity index (χ3n) is 4.32. The van der Waals surface area contributed by atoms with E-state index in [1.807, 2.05) is 21.7 Å². The first-order chi connectivity index (χ1) is 12.7. The summed E-state index contributed by atoms with van der Waals surface area (Å²) in [6, 6.07) is 5.44. The van der Waals surface area contributed by atoms with Crippen LogP contribution >= 0.6 is 11.6 Å². The summed E-state index contributed by atoms with van der Waals surface area (Å²) < 4.78 is 6.92. The van der Waals surface area contributed by atoms with Crippen LogP contribution in [0.15, 0.2) is 35.1 Å². The molecular weight excluding hydrogens is 356 g/mol. The van der Waals surface area contributed by atoms with Crippen LogP contribution in [0.2, 0.25) is 5.15 Å². The smallest absolute Gasteiger partial charge is 0.223 e. The van der Waals surface area contributed by atoms with Crippen LogP contribution in [0.3, 0.4) is 0 Å². The predicted molar refractivity (Wildman–Crippen MR) is 93.4 cm³/mol. The molecule has 1 aliphatic rings. The van der Waals surface area contributed by atoms with Crippen molar-refractivity contribution in [2.75, 3.05) is 13.1 Å². The fourth-order valence-corrected chi connectivity index (χ4v) is 3.12. The van der Waals surface area contributed by atoms with Crippen molar-refractivity contribution in [2.45, 2.75) is 25.8 Å². The molecule has 0 unspecified atom stereocenters. The molecule has 1 aliphatic heterocycles. The summed E-state index contributed by atoms with van der Waals surface area (Å²) in [6.07, 6.45) is 5.00. The van der Waals surface area contributed by atoms with Gasteiger partial charge in [0.1, 0.15) is 11.6 Å². The van der Waals surface area contributed by atoms with Crippen LogP contribution < -0.4 is 0 Å². The molecular formula is C17H17ClN6O2. The van der Waals surface area contributed by atoms with E-state index < -0.39 is 0 Å². The van der Waals surface area contributed by atoms with Crippen molar-refractivity contribution in [1.82, 2.24) is 29.8 Å². The van der Waals surface area contributed by atoms with E-state index in [-0.39, 0.29) is 5.91 Å². The minimum Gasteiger partial charge on any atom is -0.360 e. The summed E-state index contributed by atoms with van der Waals surface area (Å²) in [5, 5.41) is 8.49. The molecule has 0 fully saturated rings. The van der Waals surface area contributed by atoms with Crippen molar-refractivity contribution in [3.05, 3.63) is 47.3 Å². The van der Waals surface area contributed by atoms with E-state index in [0.717, 1.165) is 11.4 Å². The van der Waals surface area contributed by atoms with Crippen LogP contribution in [0.25, 0.3) is 11.4 Å². The average molecular weight is 373 g/mol. The highest BCUT2D eigenvalue weighted by Gasteiger charge is 2.21. The lowest BCUT2D eigenvalue weighted by molar-refractivity contribution is -0.131. The molecule has 3 aromatic heterocycles. The van der Waals surface area contributed by atoms with Gasteiger partial charge in [-0.25, -0.2) is 9.67 Å². The molecule has 4 rings (SSSR count). The number of pyridine rings is 1. The normalized spacial score (nSPS) is 14.1. The van der Waals surface area contributed by atoms with Gasteiger partial charge in [-0.05, 0) is 12.1 Å². The molecule has 0 radical (unpaired) electrons. The quantitative estimate of drug-likeness (QED) is 0.695. The average Bonchev–Trinajstić information content (AvgIpc) is 3.21. The molecule has 0 spiro atoms. The van der Waals surface area contributed by atoms with Gasteiger partial charge in [-0.2, -0.15) is 5.10 Å². The molecule has 0 bridgehead atoms. The van der Waals surface area contributed by atoms with Gasteiger partial charge in [-0.1, -0.05) is 16.8 Å². The fourth-order valence-electron chi connectivity index (χ4n) is 2.96. The molecule has 1 amide bonds. The Balaban J connectivity index is 1.37. The summed E-state index contributed by atoms with van der Waals surface area (Å²) in [5.74, 6) is 2.26. The van der Waals surface area contributed by atoms with Gasteiger partial charge in [0.2, 0.25) is 5.91 Å². The highest BCUT2D eigenvalue weighted by atomic mass is 35.5. The molecule has 0 atom stereocenters. The lowest BCUT2D eigenvalue weighted by Crippen LogP contribution is -2.33. The molecule has 0 aromatic carbocycles.